The van der Waals surface area contributed by atoms with Gasteiger partial charge in [0.1, 0.15) is 0 Å². The van der Waals surface area contributed by atoms with E-state index in [1.54, 1.807) is 0 Å². The van der Waals surface area contributed by atoms with E-state index in [0.717, 1.165) is 31.0 Å². The molecule has 1 saturated carbocycles. The van der Waals surface area contributed by atoms with E-state index in [1.807, 2.05) is 0 Å². The Kier molecular flexibility index (Phi) is 17.0. The van der Waals surface area contributed by atoms with Crippen LogP contribution >= 0.6 is 0 Å². The first-order valence-electron chi connectivity index (χ1n) is 12.9. The molecular formula is C28H56O2. The summed E-state index contributed by atoms with van der Waals surface area (Å²) in [7, 11) is 0. The van der Waals surface area contributed by atoms with Crippen molar-refractivity contribution in [1.29, 1.82) is 0 Å². The van der Waals surface area contributed by atoms with E-state index in [0.29, 0.717) is 24.0 Å². The maximum absolute atomic E-state index is 5.61. The molecule has 2 heteroatoms. The highest BCUT2D eigenvalue weighted by atomic mass is 16.5. The average Bonchev–Trinajstić information content (AvgIpc) is 2.69. The second-order valence-corrected chi connectivity index (χ2v) is 11.0. The summed E-state index contributed by atoms with van der Waals surface area (Å²) >= 11 is 0. The molecule has 1 saturated heterocycles. The highest BCUT2D eigenvalue weighted by molar-refractivity contribution is 4.94. The minimum Gasteiger partial charge on any atom is -0.379 e. The van der Waals surface area contributed by atoms with Crippen LogP contribution in [0.5, 0.6) is 0 Å². The van der Waals surface area contributed by atoms with E-state index < -0.39 is 0 Å². The van der Waals surface area contributed by atoms with Gasteiger partial charge in [0.15, 0.2) is 0 Å². The van der Waals surface area contributed by atoms with E-state index in [4.69, 9.17) is 9.47 Å². The predicted molar refractivity (Wildman–Crippen MR) is 134 cm³/mol. The molecule has 4 unspecified atom stereocenters. The molecule has 1 aliphatic carbocycles. The lowest BCUT2D eigenvalue weighted by atomic mass is 9.84. The smallest absolute Gasteiger partial charge is 0.0547 e. The van der Waals surface area contributed by atoms with Crippen LogP contribution in [0.4, 0.5) is 0 Å². The first kappa shape index (κ1) is 29.7. The van der Waals surface area contributed by atoms with Gasteiger partial charge in [0.25, 0.3) is 0 Å². The Morgan fingerprint density at radius 1 is 0.800 bits per heavy atom. The van der Waals surface area contributed by atoms with Gasteiger partial charge in [-0.1, -0.05) is 72.0 Å². The Morgan fingerprint density at radius 2 is 1.30 bits per heavy atom. The van der Waals surface area contributed by atoms with E-state index >= 15 is 0 Å². The fourth-order valence-corrected chi connectivity index (χ4v) is 3.60. The quantitative estimate of drug-likeness (QED) is 0.397. The van der Waals surface area contributed by atoms with Crippen LogP contribution in [0.2, 0.25) is 0 Å². The molecule has 0 aromatic rings. The highest BCUT2D eigenvalue weighted by Gasteiger charge is 2.14. The lowest BCUT2D eigenvalue weighted by Crippen LogP contribution is -2.21. The van der Waals surface area contributed by atoms with Crippen LogP contribution in [0.25, 0.3) is 0 Å². The van der Waals surface area contributed by atoms with Gasteiger partial charge in [-0.2, -0.15) is 0 Å². The van der Waals surface area contributed by atoms with Crippen molar-refractivity contribution in [3.05, 3.63) is 11.6 Å². The molecule has 4 atom stereocenters. The summed E-state index contributed by atoms with van der Waals surface area (Å²) in [6.45, 7) is 24.0. The fourth-order valence-electron chi connectivity index (χ4n) is 3.60. The summed E-state index contributed by atoms with van der Waals surface area (Å²) in [4.78, 5) is 0. The number of hydrogen-bond acceptors (Lipinski definition) is 2. The molecule has 30 heavy (non-hydrogen) atoms. The van der Waals surface area contributed by atoms with Gasteiger partial charge >= 0.3 is 0 Å². The van der Waals surface area contributed by atoms with Gasteiger partial charge in [0, 0.05) is 13.2 Å². The Labute approximate surface area is 190 Å². The molecule has 1 aliphatic heterocycles. The molecule has 0 aromatic heterocycles. The minimum absolute atomic E-state index is 0.355. The molecule has 0 spiro atoms. The Bertz CT molecular complexity index is 368. The third kappa shape index (κ3) is 17.4. The first-order valence-corrected chi connectivity index (χ1v) is 12.9. The minimum atomic E-state index is 0.355. The Morgan fingerprint density at radius 3 is 1.67 bits per heavy atom. The summed E-state index contributed by atoms with van der Waals surface area (Å²) < 4.78 is 11.0. The molecule has 0 bridgehead atoms. The number of ether oxygens (including phenoxy) is 2. The van der Waals surface area contributed by atoms with Crippen molar-refractivity contribution < 1.29 is 9.47 Å². The molecule has 0 amide bonds. The van der Waals surface area contributed by atoms with Gasteiger partial charge in [-0.25, -0.2) is 0 Å². The van der Waals surface area contributed by atoms with E-state index in [2.05, 4.69) is 75.3 Å². The molecule has 2 aliphatic rings. The third-order valence-corrected chi connectivity index (χ3v) is 6.60. The van der Waals surface area contributed by atoms with Gasteiger partial charge in [-0.3, -0.25) is 0 Å². The normalized spacial score (nSPS) is 28.4. The summed E-state index contributed by atoms with van der Waals surface area (Å²) in [5.74, 6) is 4.19. The number of hydrogen-bond donors (Lipinski definition) is 0. The summed E-state index contributed by atoms with van der Waals surface area (Å²) in [6.07, 6.45) is 12.9. The van der Waals surface area contributed by atoms with Crippen molar-refractivity contribution in [2.45, 2.75) is 126 Å². The van der Waals surface area contributed by atoms with Crippen LogP contribution < -0.4 is 0 Å². The maximum Gasteiger partial charge on any atom is 0.0547 e. The van der Waals surface area contributed by atoms with Gasteiger partial charge in [-0.15, -0.1) is 0 Å². The van der Waals surface area contributed by atoms with Crippen molar-refractivity contribution in [2.75, 3.05) is 13.2 Å². The first-order chi connectivity index (χ1) is 14.0. The van der Waals surface area contributed by atoms with Crippen molar-refractivity contribution in [3.63, 3.8) is 0 Å². The van der Waals surface area contributed by atoms with E-state index in [1.165, 1.54) is 50.5 Å². The predicted octanol–water partition coefficient (Wildman–Crippen LogP) is 8.69. The average molecular weight is 425 g/mol. The van der Waals surface area contributed by atoms with E-state index in [-0.39, 0.29) is 0 Å². The lowest BCUT2D eigenvalue weighted by Gasteiger charge is -2.23. The number of allylic oxidation sites excluding steroid dienone is 2. The van der Waals surface area contributed by atoms with Crippen molar-refractivity contribution in [3.8, 4) is 0 Å². The SMILES string of the molecule is CC(C)=CCC(C)C(C)COC(C)C.CC1CCC(C)CC1.CC1CCC(C)OC1. The Hall–Kier alpha value is -0.340. The summed E-state index contributed by atoms with van der Waals surface area (Å²) in [5.41, 5.74) is 1.41. The zero-order chi connectivity index (χ0) is 23.1. The maximum atomic E-state index is 5.61. The van der Waals surface area contributed by atoms with Gasteiger partial charge in [0.2, 0.25) is 0 Å². The second kappa shape index (κ2) is 17.2. The molecule has 1 heterocycles. The van der Waals surface area contributed by atoms with Crippen LogP contribution in [0, 0.1) is 29.6 Å². The monoisotopic (exact) mass is 424 g/mol. The van der Waals surface area contributed by atoms with Crippen molar-refractivity contribution >= 4 is 0 Å². The Balaban J connectivity index is 0.000000447. The van der Waals surface area contributed by atoms with Crippen molar-refractivity contribution in [2.24, 2.45) is 29.6 Å². The van der Waals surface area contributed by atoms with Gasteiger partial charge in [-0.05, 0) is 83.5 Å². The van der Waals surface area contributed by atoms with Crippen LogP contribution in [-0.2, 0) is 9.47 Å². The lowest BCUT2D eigenvalue weighted by molar-refractivity contribution is 0.000266. The molecule has 0 N–H and O–H groups in total. The summed E-state index contributed by atoms with van der Waals surface area (Å²) in [6, 6.07) is 0. The van der Waals surface area contributed by atoms with Crippen LogP contribution in [-0.4, -0.2) is 25.4 Å². The molecule has 2 rings (SSSR count). The molecule has 2 nitrogen and oxygen atoms in total. The standard InChI is InChI=1S/C13H26O.C8H16.C7H14O/c1-10(2)7-8-12(5)13(6)9-14-11(3)4;1-7-3-5-8(2)6-4-7;1-6-3-4-7(2)8-5-6/h7,11-13H,8-9H2,1-6H3;7-8H,3-6H2,1-2H3;6-7H,3-5H2,1-2H3. The molecule has 0 aromatic carbocycles. The van der Waals surface area contributed by atoms with Gasteiger partial charge in [0.05, 0.1) is 12.2 Å². The topological polar surface area (TPSA) is 18.5 Å². The second-order valence-electron chi connectivity index (χ2n) is 11.0. The van der Waals surface area contributed by atoms with Crippen LogP contribution in [0.3, 0.4) is 0 Å². The third-order valence-electron chi connectivity index (χ3n) is 6.60. The molecule has 0 radical (unpaired) electrons. The summed E-state index contributed by atoms with van der Waals surface area (Å²) in [5, 5.41) is 0. The zero-order valence-electron chi connectivity index (χ0n) is 22.3. The molecule has 2 fully saturated rings. The number of rotatable bonds is 6. The van der Waals surface area contributed by atoms with E-state index in [9.17, 15) is 0 Å². The largest absolute Gasteiger partial charge is 0.379 e. The van der Waals surface area contributed by atoms with Crippen LogP contribution in [0.15, 0.2) is 11.6 Å². The van der Waals surface area contributed by atoms with Crippen molar-refractivity contribution in [1.82, 2.24) is 0 Å². The highest BCUT2D eigenvalue weighted by Crippen LogP contribution is 2.27. The molecule has 180 valence electrons. The fraction of sp³-hybridized carbons (Fsp3) is 0.929. The van der Waals surface area contributed by atoms with Crippen LogP contribution in [0.1, 0.15) is 114 Å². The van der Waals surface area contributed by atoms with Gasteiger partial charge < -0.3 is 9.47 Å². The zero-order valence-corrected chi connectivity index (χ0v) is 22.3. The molecular weight excluding hydrogens is 368 g/mol.